The molecule has 3 aromatic rings. The van der Waals surface area contributed by atoms with E-state index in [0.29, 0.717) is 11.4 Å². The number of benzene rings is 2. The SMILES string of the molecule is Cc1cccc(F)c1-c1cc(N2CCC[C@H](N[B]C=O)C2)c2cc(N)ncc2c1. The number of aromatic nitrogens is 1. The lowest BCUT2D eigenvalue weighted by Gasteiger charge is -2.35. The number of aryl methyl sites for hydroxylation is 1. The minimum atomic E-state index is -0.238. The minimum absolute atomic E-state index is 0.182. The number of hydrogen-bond donors (Lipinski definition) is 2. The first-order valence-corrected chi connectivity index (χ1v) is 9.79. The molecule has 0 unspecified atom stereocenters. The summed E-state index contributed by atoms with van der Waals surface area (Å²) in [4.78, 5) is 17.2. The zero-order chi connectivity index (χ0) is 20.4. The van der Waals surface area contributed by atoms with E-state index >= 15 is 0 Å². The second kappa shape index (κ2) is 8.21. The molecule has 1 saturated heterocycles. The zero-order valence-corrected chi connectivity index (χ0v) is 16.4. The van der Waals surface area contributed by atoms with Gasteiger partial charge in [0, 0.05) is 47.4 Å². The summed E-state index contributed by atoms with van der Waals surface area (Å²) in [5.41, 5.74) is 9.29. The summed E-state index contributed by atoms with van der Waals surface area (Å²) in [6.07, 6.45) is 4.50. The molecule has 1 aliphatic rings. The van der Waals surface area contributed by atoms with E-state index in [9.17, 15) is 9.18 Å². The molecule has 147 valence electrons. The third-order valence-corrected chi connectivity index (χ3v) is 5.51. The third-order valence-electron chi connectivity index (χ3n) is 5.51. The minimum Gasteiger partial charge on any atom is -0.384 e. The van der Waals surface area contributed by atoms with Gasteiger partial charge in [0.1, 0.15) is 11.6 Å². The maximum Gasteiger partial charge on any atom is 0.290 e. The van der Waals surface area contributed by atoms with Crippen LogP contribution in [-0.2, 0) is 4.79 Å². The van der Waals surface area contributed by atoms with Crippen LogP contribution in [0.4, 0.5) is 15.9 Å². The van der Waals surface area contributed by atoms with Crippen LogP contribution in [-0.4, -0.2) is 37.7 Å². The molecule has 0 amide bonds. The van der Waals surface area contributed by atoms with E-state index < -0.39 is 0 Å². The van der Waals surface area contributed by atoms with Crippen molar-refractivity contribution in [1.82, 2.24) is 10.2 Å². The van der Waals surface area contributed by atoms with Crippen LogP contribution in [0.25, 0.3) is 21.9 Å². The molecule has 1 aliphatic heterocycles. The number of rotatable bonds is 5. The summed E-state index contributed by atoms with van der Waals surface area (Å²) in [7, 11) is 1.45. The lowest BCUT2D eigenvalue weighted by atomic mass is 9.92. The first kappa shape index (κ1) is 19.4. The number of nitrogens with zero attached hydrogens (tertiary/aromatic N) is 2. The molecule has 0 aliphatic carbocycles. The first-order valence-electron chi connectivity index (χ1n) is 9.79. The molecule has 1 atom stereocenters. The maximum atomic E-state index is 14.7. The highest BCUT2D eigenvalue weighted by atomic mass is 19.1. The Hall–Kier alpha value is -2.93. The lowest BCUT2D eigenvalue weighted by Crippen LogP contribution is -2.47. The molecule has 1 radical (unpaired) electrons. The molecule has 2 heterocycles. The number of nitrogens with one attached hydrogen (secondary N) is 1. The average Bonchev–Trinajstić information content (AvgIpc) is 2.72. The Morgan fingerprint density at radius 2 is 2.21 bits per heavy atom. The third kappa shape index (κ3) is 3.96. The van der Waals surface area contributed by atoms with Crippen LogP contribution in [0.5, 0.6) is 0 Å². The Kier molecular flexibility index (Phi) is 5.49. The Bertz CT molecular complexity index is 1040. The largest absolute Gasteiger partial charge is 0.384 e. The van der Waals surface area contributed by atoms with Gasteiger partial charge < -0.3 is 20.7 Å². The number of halogens is 1. The zero-order valence-electron chi connectivity index (χ0n) is 16.4. The fraction of sp³-hybridized carbons (Fsp3) is 0.273. The van der Waals surface area contributed by atoms with Crippen molar-refractivity contribution in [3.63, 3.8) is 0 Å². The fourth-order valence-electron chi connectivity index (χ4n) is 4.16. The van der Waals surface area contributed by atoms with Crippen LogP contribution in [0, 0.1) is 12.7 Å². The van der Waals surface area contributed by atoms with Crippen LogP contribution in [0.15, 0.2) is 42.6 Å². The number of piperidine rings is 1. The van der Waals surface area contributed by atoms with Gasteiger partial charge in [0.25, 0.3) is 7.41 Å². The molecule has 0 spiro atoms. The van der Waals surface area contributed by atoms with Crippen molar-refractivity contribution in [2.45, 2.75) is 25.8 Å². The number of nitrogen functional groups attached to an aromatic ring is 1. The molecule has 4 rings (SSSR count). The van der Waals surface area contributed by atoms with Crippen molar-refractivity contribution in [3.8, 4) is 11.1 Å². The van der Waals surface area contributed by atoms with Crippen molar-refractivity contribution in [3.05, 3.63) is 54.0 Å². The van der Waals surface area contributed by atoms with Crippen LogP contribution >= 0.6 is 0 Å². The number of carbonyl (C=O) groups excluding carboxylic acids is 1. The van der Waals surface area contributed by atoms with E-state index in [4.69, 9.17) is 5.73 Å². The van der Waals surface area contributed by atoms with Gasteiger partial charge in [0.15, 0.2) is 0 Å². The van der Waals surface area contributed by atoms with E-state index in [2.05, 4.69) is 15.1 Å². The number of fused-ring (bicyclic) bond motifs is 1. The summed E-state index contributed by atoms with van der Waals surface area (Å²) >= 11 is 0. The predicted molar refractivity (Wildman–Crippen MR) is 117 cm³/mol. The Labute approximate surface area is 170 Å². The Morgan fingerprint density at radius 3 is 3.00 bits per heavy atom. The van der Waals surface area contributed by atoms with Crippen molar-refractivity contribution in [2.24, 2.45) is 0 Å². The molecule has 5 nitrogen and oxygen atoms in total. The monoisotopic (exact) mass is 389 g/mol. The molecule has 0 bridgehead atoms. The van der Waals surface area contributed by atoms with Crippen LogP contribution in [0.1, 0.15) is 18.4 Å². The fourth-order valence-corrected chi connectivity index (χ4v) is 4.16. The van der Waals surface area contributed by atoms with Crippen molar-refractivity contribution >= 4 is 35.9 Å². The normalized spacial score (nSPS) is 16.8. The molecular formula is C22H23BFN4O. The highest BCUT2D eigenvalue weighted by Gasteiger charge is 2.22. The topological polar surface area (TPSA) is 71.2 Å². The van der Waals surface area contributed by atoms with Gasteiger partial charge in [-0.2, -0.15) is 0 Å². The van der Waals surface area contributed by atoms with Gasteiger partial charge in [-0.1, -0.05) is 12.1 Å². The number of carbonyl (C=O) groups is 1. The predicted octanol–water partition coefficient (Wildman–Crippen LogP) is 3.30. The number of hydrogen-bond acceptors (Lipinski definition) is 5. The Morgan fingerprint density at radius 1 is 1.34 bits per heavy atom. The van der Waals surface area contributed by atoms with Gasteiger partial charge in [0.05, 0.1) is 6.19 Å². The number of pyridine rings is 1. The summed E-state index contributed by atoms with van der Waals surface area (Å²) in [6.45, 7) is 3.55. The molecule has 2 aromatic carbocycles. The summed E-state index contributed by atoms with van der Waals surface area (Å²) in [5.74, 6) is 0.215. The number of nitrogens with two attached hydrogens (primary N) is 1. The van der Waals surface area contributed by atoms with Gasteiger partial charge in [-0.05, 0) is 55.2 Å². The van der Waals surface area contributed by atoms with Crippen molar-refractivity contribution in [2.75, 3.05) is 23.7 Å². The molecular weight excluding hydrogens is 366 g/mol. The van der Waals surface area contributed by atoms with E-state index in [1.807, 2.05) is 31.2 Å². The van der Waals surface area contributed by atoms with Gasteiger partial charge in [0.2, 0.25) is 0 Å². The van der Waals surface area contributed by atoms with Gasteiger partial charge in [-0.25, -0.2) is 9.37 Å². The van der Waals surface area contributed by atoms with Crippen LogP contribution in [0.3, 0.4) is 0 Å². The van der Waals surface area contributed by atoms with E-state index in [1.165, 1.54) is 13.5 Å². The smallest absolute Gasteiger partial charge is 0.290 e. The van der Waals surface area contributed by atoms with Crippen molar-refractivity contribution < 1.29 is 9.18 Å². The molecule has 29 heavy (non-hydrogen) atoms. The summed E-state index contributed by atoms with van der Waals surface area (Å²) in [6, 6.07) is 11.2. The second-order valence-corrected chi connectivity index (χ2v) is 7.51. The van der Waals surface area contributed by atoms with E-state index in [-0.39, 0.29) is 11.9 Å². The summed E-state index contributed by atoms with van der Waals surface area (Å²) in [5, 5.41) is 5.08. The quantitative estimate of drug-likeness (QED) is 0.518. The standard InChI is InChI=1S/C22H23BFN4O/c1-14-4-2-6-19(24)22(14)15-8-16-11-26-21(25)10-18(16)20(9-15)28-7-3-5-17(12-28)27-23-13-29/h2,4,6,8-11,13,17,27H,3,5,7,12H2,1H3,(H2,25,26)/t17-/m0/s1. The highest BCUT2D eigenvalue weighted by Crippen LogP contribution is 2.37. The van der Waals surface area contributed by atoms with Gasteiger partial charge >= 0.3 is 0 Å². The lowest BCUT2D eigenvalue weighted by molar-refractivity contribution is 0.480. The average molecular weight is 389 g/mol. The van der Waals surface area contributed by atoms with E-state index in [0.717, 1.165) is 59.7 Å². The molecule has 3 N–H and O–H groups in total. The van der Waals surface area contributed by atoms with Gasteiger partial charge in [-0.15, -0.1) is 0 Å². The molecule has 0 saturated carbocycles. The maximum absolute atomic E-state index is 14.7. The Balaban J connectivity index is 1.83. The van der Waals surface area contributed by atoms with Gasteiger partial charge in [-0.3, -0.25) is 0 Å². The highest BCUT2D eigenvalue weighted by molar-refractivity contribution is 6.64. The van der Waals surface area contributed by atoms with Crippen molar-refractivity contribution in [1.29, 1.82) is 0 Å². The molecule has 1 aromatic heterocycles. The number of anilines is 2. The van der Waals surface area contributed by atoms with E-state index in [1.54, 1.807) is 12.3 Å². The molecule has 1 fully saturated rings. The van der Waals surface area contributed by atoms with Crippen LogP contribution < -0.4 is 15.9 Å². The summed E-state index contributed by atoms with van der Waals surface area (Å²) < 4.78 is 14.7. The van der Waals surface area contributed by atoms with Crippen LogP contribution in [0.2, 0.25) is 0 Å². The molecule has 7 heteroatoms. The second-order valence-electron chi connectivity index (χ2n) is 7.51. The first-order chi connectivity index (χ1) is 14.1.